The molecule has 1 aliphatic rings. The van der Waals surface area contributed by atoms with Crippen molar-refractivity contribution in [2.75, 3.05) is 20.1 Å². The monoisotopic (exact) mass is 399 g/mol. The predicted octanol–water partition coefficient (Wildman–Crippen LogP) is 3.37. The molecular formula is C19H27ClFN3O3. The van der Waals surface area contributed by atoms with Crippen LogP contribution in [0.5, 0.6) is 0 Å². The minimum Gasteiger partial charge on any atom is -0.481 e. The number of aliphatic carboxylic acids is 1. The first-order valence-electron chi connectivity index (χ1n) is 9.07. The summed E-state index contributed by atoms with van der Waals surface area (Å²) >= 11 is 5.81. The van der Waals surface area contributed by atoms with Crippen LogP contribution in [0.3, 0.4) is 0 Å². The molecule has 8 heteroatoms. The average molecular weight is 400 g/mol. The highest BCUT2D eigenvalue weighted by Crippen LogP contribution is 2.35. The number of carbonyl (C=O) groups excluding carboxylic acids is 1. The standard InChI is InChI=1S/C19H27ClFN3O3/c1-11(2)24-8-7-16(17(24)13-5-6-14(20)15(21)9-13)22-19(27)23(4)10-12(3)18(25)26/h5-6,9,11-12,16-17H,7-8,10H2,1-4H3,(H,22,27)(H,25,26). The molecule has 0 aliphatic carbocycles. The van der Waals surface area contributed by atoms with Gasteiger partial charge in [0.1, 0.15) is 5.82 Å². The van der Waals surface area contributed by atoms with Crippen LogP contribution in [-0.4, -0.2) is 59.1 Å². The van der Waals surface area contributed by atoms with E-state index in [2.05, 4.69) is 24.1 Å². The molecule has 0 aromatic heterocycles. The van der Waals surface area contributed by atoms with Crippen molar-refractivity contribution < 1.29 is 19.1 Å². The van der Waals surface area contributed by atoms with Gasteiger partial charge in [0.15, 0.2) is 0 Å². The molecule has 0 radical (unpaired) electrons. The number of rotatable bonds is 6. The molecule has 1 aromatic rings. The van der Waals surface area contributed by atoms with Crippen LogP contribution in [0.15, 0.2) is 18.2 Å². The molecule has 3 unspecified atom stereocenters. The average Bonchev–Trinajstić information content (AvgIpc) is 3.00. The summed E-state index contributed by atoms with van der Waals surface area (Å²) in [5.74, 6) is -2.09. The maximum atomic E-state index is 14.0. The van der Waals surface area contributed by atoms with Gasteiger partial charge in [-0.25, -0.2) is 9.18 Å². The highest BCUT2D eigenvalue weighted by Gasteiger charge is 2.38. The highest BCUT2D eigenvalue weighted by atomic mass is 35.5. The molecule has 0 spiro atoms. The second kappa shape index (κ2) is 8.89. The van der Waals surface area contributed by atoms with Crippen LogP contribution >= 0.6 is 11.6 Å². The van der Waals surface area contributed by atoms with Crippen LogP contribution in [-0.2, 0) is 4.79 Å². The van der Waals surface area contributed by atoms with Gasteiger partial charge in [0, 0.05) is 26.2 Å². The lowest BCUT2D eigenvalue weighted by Crippen LogP contribution is -2.47. The van der Waals surface area contributed by atoms with E-state index in [-0.39, 0.29) is 35.7 Å². The number of urea groups is 1. The van der Waals surface area contributed by atoms with E-state index in [4.69, 9.17) is 16.7 Å². The third kappa shape index (κ3) is 5.11. The third-order valence-corrected chi connectivity index (χ3v) is 5.32. The zero-order valence-corrected chi connectivity index (χ0v) is 16.8. The van der Waals surface area contributed by atoms with Gasteiger partial charge < -0.3 is 15.3 Å². The molecule has 27 heavy (non-hydrogen) atoms. The summed E-state index contributed by atoms with van der Waals surface area (Å²) in [4.78, 5) is 27.1. The first kappa shape index (κ1) is 21.4. The minimum atomic E-state index is -0.948. The maximum absolute atomic E-state index is 14.0. The van der Waals surface area contributed by atoms with E-state index < -0.39 is 17.7 Å². The minimum absolute atomic E-state index is 0.0656. The summed E-state index contributed by atoms with van der Waals surface area (Å²) in [6.45, 7) is 6.56. The quantitative estimate of drug-likeness (QED) is 0.769. The first-order chi connectivity index (χ1) is 12.6. The zero-order chi connectivity index (χ0) is 20.3. The summed E-state index contributed by atoms with van der Waals surface area (Å²) < 4.78 is 14.0. The number of nitrogens with one attached hydrogen (secondary N) is 1. The zero-order valence-electron chi connectivity index (χ0n) is 16.1. The number of halogens is 2. The smallest absolute Gasteiger partial charge is 0.317 e. The summed E-state index contributed by atoms with van der Waals surface area (Å²) in [6.07, 6.45) is 0.723. The fourth-order valence-electron chi connectivity index (χ4n) is 3.51. The molecule has 1 saturated heterocycles. The molecule has 0 bridgehead atoms. The van der Waals surface area contributed by atoms with Gasteiger partial charge in [0.25, 0.3) is 0 Å². The Morgan fingerprint density at radius 3 is 2.63 bits per heavy atom. The fourth-order valence-corrected chi connectivity index (χ4v) is 3.63. The van der Waals surface area contributed by atoms with Gasteiger partial charge >= 0.3 is 12.0 Å². The van der Waals surface area contributed by atoms with Gasteiger partial charge in [-0.2, -0.15) is 0 Å². The van der Waals surface area contributed by atoms with E-state index in [0.717, 1.165) is 18.5 Å². The Labute approximate surface area is 164 Å². The molecule has 2 rings (SSSR count). The number of hydrogen-bond donors (Lipinski definition) is 2. The van der Waals surface area contributed by atoms with Crippen molar-refractivity contribution in [1.82, 2.24) is 15.1 Å². The van der Waals surface area contributed by atoms with Crippen molar-refractivity contribution in [2.45, 2.75) is 45.3 Å². The lowest BCUT2D eigenvalue weighted by atomic mass is 9.99. The normalized spacial score (nSPS) is 21.3. The maximum Gasteiger partial charge on any atom is 0.317 e. The van der Waals surface area contributed by atoms with Gasteiger partial charge in [-0.3, -0.25) is 9.69 Å². The number of carboxylic acid groups (broad SMARTS) is 1. The van der Waals surface area contributed by atoms with Crippen LogP contribution < -0.4 is 5.32 Å². The Hall–Kier alpha value is -1.86. The van der Waals surface area contributed by atoms with Crippen LogP contribution in [0.2, 0.25) is 5.02 Å². The molecule has 6 nitrogen and oxygen atoms in total. The van der Waals surface area contributed by atoms with E-state index >= 15 is 0 Å². The molecule has 2 amide bonds. The van der Waals surface area contributed by atoms with Crippen molar-refractivity contribution in [3.05, 3.63) is 34.6 Å². The van der Waals surface area contributed by atoms with Crippen LogP contribution in [0.4, 0.5) is 9.18 Å². The summed E-state index contributed by atoms with van der Waals surface area (Å²) in [5.41, 5.74) is 0.759. The third-order valence-electron chi connectivity index (χ3n) is 5.01. The van der Waals surface area contributed by atoms with Crippen LogP contribution in [0, 0.1) is 11.7 Å². The van der Waals surface area contributed by atoms with E-state index in [1.54, 1.807) is 20.0 Å². The second-order valence-corrected chi connectivity index (χ2v) is 7.82. The summed E-state index contributed by atoms with van der Waals surface area (Å²) in [7, 11) is 1.57. The topological polar surface area (TPSA) is 72.9 Å². The van der Waals surface area contributed by atoms with Crippen LogP contribution in [0.1, 0.15) is 38.8 Å². The molecule has 1 fully saturated rings. The van der Waals surface area contributed by atoms with Crippen molar-refractivity contribution in [1.29, 1.82) is 0 Å². The molecule has 1 heterocycles. The molecule has 0 saturated carbocycles. The van der Waals surface area contributed by atoms with E-state index in [1.165, 1.54) is 17.0 Å². The van der Waals surface area contributed by atoms with Gasteiger partial charge in [0.05, 0.1) is 23.0 Å². The van der Waals surface area contributed by atoms with Crippen molar-refractivity contribution in [3.63, 3.8) is 0 Å². The summed E-state index contributed by atoms with van der Waals surface area (Å²) in [6, 6.07) is 4.24. The van der Waals surface area contributed by atoms with E-state index in [9.17, 15) is 14.0 Å². The Morgan fingerprint density at radius 1 is 1.41 bits per heavy atom. The number of carboxylic acids is 1. The van der Waals surface area contributed by atoms with Gasteiger partial charge in [-0.05, 0) is 38.0 Å². The Morgan fingerprint density at radius 2 is 2.07 bits per heavy atom. The van der Waals surface area contributed by atoms with Crippen molar-refractivity contribution >= 4 is 23.6 Å². The lowest BCUT2D eigenvalue weighted by Gasteiger charge is -2.33. The SMILES string of the molecule is CC(CN(C)C(=O)NC1CCN(C(C)C)C1c1ccc(Cl)c(F)c1)C(=O)O. The number of carbonyl (C=O) groups is 2. The largest absolute Gasteiger partial charge is 0.481 e. The van der Waals surface area contributed by atoms with Crippen molar-refractivity contribution in [2.24, 2.45) is 5.92 Å². The number of hydrogen-bond acceptors (Lipinski definition) is 3. The summed E-state index contributed by atoms with van der Waals surface area (Å²) in [5, 5.41) is 12.1. The Balaban J connectivity index is 2.17. The molecular weight excluding hydrogens is 373 g/mol. The van der Waals surface area contributed by atoms with Crippen molar-refractivity contribution in [3.8, 4) is 0 Å². The lowest BCUT2D eigenvalue weighted by molar-refractivity contribution is -0.141. The first-order valence-corrected chi connectivity index (χ1v) is 9.44. The number of likely N-dealkylation sites (tertiary alicyclic amines) is 1. The highest BCUT2D eigenvalue weighted by molar-refractivity contribution is 6.30. The van der Waals surface area contributed by atoms with E-state index in [0.29, 0.717) is 0 Å². The molecule has 150 valence electrons. The van der Waals surface area contributed by atoms with Gasteiger partial charge in [0.2, 0.25) is 0 Å². The number of nitrogens with zero attached hydrogens (tertiary/aromatic N) is 2. The Bertz CT molecular complexity index is 701. The molecule has 3 atom stereocenters. The molecule has 1 aliphatic heterocycles. The second-order valence-electron chi connectivity index (χ2n) is 7.41. The predicted molar refractivity (Wildman–Crippen MR) is 102 cm³/mol. The van der Waals surface area contributed by atoms with E-state index in [1.807, 2.05) is 0 Å². The van der Waals surface area contributed by atoms with Gasteiger partial charge in [-0.15, -0.1) is 0 Å². The Kier molecular flexibility index (Phi) is 7.06. The number of benzene rings is 1. The number of amides is 2. The molecule has 1 aromatic carbocycles. The molecule has 2 N–H and O–H groups in total. The fraction of sp³-hybridized carbons (Fsp3) is 0.579. The van der Waals surface area contributed by atoms with Gasteiger partial charge in [-0.1, -0.05) is 24.6 Å². The van der Waals surface area contributed by atoms with Crippen LogP contribution in [0.25, 0.3) is 0 Å².